The van der Waals surface area contributed by atoms with E-state index in [0.717, 1.165) is 12.8 Å². The number of nitrogens with zero attached hydrogens (tertiary/aromatic N) is 1. The van der Waals surface area contributed by atoms with Crippen molar-refractivity contribution in [2.75, 3.05) is 26.9 Å². The molecule has 1 N–H and O–H groups in total. The quantitative estimate of drug-likeness (QED) is 0.627. The summed E-state index contributed by atoms with van der Waals surface area (Å²) >= 11 is 0. The molecule has 90 valence electrons. The highest BCUT2D eigenvalue weighted by Gasteiger charge is 2.48. The summed E-state index contributed by atoms with van der Waals surface area (Å²) in [5.74, 6) is 0.487. The highest BCUT2D eigenvalue weighted by molar-refractivity contribution is 5.17. The lowest BCUT2D eigenvalue weighted by atomic mass is 9.96. The van der Waals surface area contributed by atoms with Gasteiger partial charge < -0.3 is 9.47 Å². The first-order valence-electron chi connectivity index (χ1n) is 6.06. The molecule has 0 heterocycles. The fraction of sp³-hybridized carbons (Fsp3) is 0.917. The predicted molar refractivity (Wildman–Crippen MR) is 59.9 cm³/mol. The smallest absolute Gasteiger partial charge is 0.133 e. The molecule has 0 aromatic carbocycles. The van der Waals surface area contributed by atoms with Gasteiger partial charge in [-0.05, 0) is 31.6 Å². The van der Waals surface area contributed by atoms with E-state index in [9.17, 15) is 5.26 Å². The topological polar surface area (TPSA) is 54.3 Å². The molecule has 2 aliphatic rings. The number of hydrogen-bond acceptors (Lipinski definition) is 4. The summed E-state index contributed by atoms with van der Waals surface area (Å²) in [7, 11) is 1.66. The standard InChI is InChI=1S/C12H20N2O2/c1-15-6-7-16-9-12(8-13,10-2-3-10)14-11-4-5-11/h10-11,14H,2-7,9H2,1H3. The third kappa shape index (κ3) is 2.94. The zero-order valence-corrected chi connectivity index (χ0v) is 9.87. The van der Waals surface area contributed by atoms with E-state index in [1.54, 1.807) is 7.11 Å². The van der Waals surface area contributed by atoms with Crippen LogP contribution in [0.15, 0.2) is 0 Å². The molecule has 2 saturated carbocycles. The van der Waals surface area contributed by atoms with Crippen molar-refractivity contribution in [2.45, 2.75) is 37.3 Å². The molecule has 16 heavy (non-hydrogen) atoms. The molecule has 0 radical (unpaired) electrons. The molecule has 0 aromatic heterocycles. The second-order valence-corrected chi connectivity index (χ2v) is 4.82. The van der Waals surface area contributed by atoms with Crippen molar-refractivity contribution in [3.63, 3.8) is 0 Å². The van der Waals surface area contributed by atoms with Crippen LogP contribution in [0.1, 0.15) is 25.7 Å². The Kier molecular flexibility index (Phi) is 3.80. The molecule has 0 spiro atoms. The lowest BCUT2D eigenvalue weighted by Crippen LogP contribution is -2.51. The summed E-state index contributed by atoms with van der Waals surface area (Å²) in [6, 6.07) is 3.00. The number of ether oxygens (including phenoxy) is 2. The summed E-state index contributed by atoms with van der Waals surface area (Å²) in [6.45, 7) is 1.66. The average Bonchev–Trinajstić information content (AvgIpc) is 3.15. The monoisotopic (exact) mass is 224 g/mol. The van der Waals surface area contributed by atoms with Gasteiger partial charge in [-0.15, -0.1) is 0 Å². The Balaban J connectivity index is 1.83. The minimum Gasteiger partial charge on any atom is -0.382 e. The van der Waals surface area contributed by atoms with Gasteiger partial charge >= 0.3 is 0 Å². The van der Waals surface area contributed by atoms with Crippen molar-refractivity contribution in [3.05, 3.63) is 0 Å². The number of rotatable bonds is 8. The van der Waals surface area contributed by atoms with Gasteiger partial charge in [-0.1, -0.05) is 0 Å². The number of hydrogen-bond donors (Lipinski definition) is 1. The predicted octanol–water partition coefficient (Wildman–Crippen LogP) is 1.07. The van der Waals surface area contributed by atoms with Gasteiger partial charge in [0.25, 0.3) is 0 Å². The first kappa shape index (κ1) is 11.8. The Hall–Kier alpha value is -0.630. The fourth-order valence-corrected chi connectivity index (χ4v) is 1.98. The Morgan fingerprint density at radius 1 is 1.31 bits per heavy atom. The SMILES string of the molecule is COCCOCC(C#N)(NC1CC1)C1CC1. The lowest BCUT2D eigenvalue weighted by Gasteiger charge is -2.27. The van der Waals surface area contributed by atoms with Crippen molar-refractivity contribution < 1.29 is 9.47 Å². The molecule has 4 nitrogen and oxygen atoms in total. The van der Waals surface area contributed by atoms with Crippen LogP contribution in [0.5, 0.6) is 0 Å². The van der Waals surface area contributed by atoms with Crippen LogP contribution < -0.4 is 5.32 Å². The maximum atomic E-state index is 9.40. The Morgan fingerprint density at radius 2 is 2.06 bits per heavy atom. The zero-order valence-electron chi connectivity index (χ0n) is 9.87. The summed E-state index contributed by atoms with van der Waals surface area (Å²) in [6.07, 6.45) is 4.71. The van der Waals surface area contributed by atoms with E-state index in [2.05, 4.69) is 11.4 Å². The molecule has 2 rings (SSSR count). The van der Waals surface area contributed by atoms with Crippen LogP contribution in [-0.2, 0) is 9.47 Å². The first-order chi connectivity index (χ1) is 7.80. The van der Waals surface area contributed by atoms with E-state index in [0.29, 0.717) is 31.8 Å². The summed E-state index contributed by atoms with van der Waals surface area (Å²) < 4.78 is 10.5. The third-order valence-corrected chi connectivity index (χ3v) is 3.27. The Morgan fingerprint density at radius 3 is 2.56 bits per heavy atom. The van der Waals surface area contributed by atoms with Crippen LogP contribution in [0.4, 0.5) is 0 Å². The van der Waals surface area contributed by atoms with Crippen molar-refractivity contribution in [2.24, 2.45) is 5.92 Å². The zero-order chi connectivity index (χ0) is 11.4. The average molecular weight is 224 g/mol. The first-order valence-corrected chi connectivity index (χ1v) is 6.06. The minimum absolute atomic E-state index is 0.436. The van der Waals surface area contributed by atoms with Crippen LogP contribution in [0.3, 0.4) is 0 Å². The molecule has 0 aliphatic heterocycles. The van der Waals surface area contributed by atoms with Gasteiger partial charge in [0.15, 0.2) is 0 Å². The van der Waals surface area contributed by atoms with Crippen LogP contribution in [-0.4, -0.2) is 38.5 Å². The van der Waals surface area contributed by atoms with E-state index < -0.39 is 5.54 Å². The molecule has 0 saturated heterocycles. The van der Waals surface area contributed by atoms with Crippen LogP contribution in [0, 0.1) is 17.2 Å². The van der Waals surface area contributed by atoms with Gasteiger partial charge in [0.2, 0.25) is 0 Å². The number of nitrogens with one attached hydrogen (secondary N) is 1. The van der Waals surface area contributed by atoms with Crippen molar-refractivity contribution in [1.82, 2.24) is 5.32 Å². The molecule has 0 bridgehead atoms. The van der Waals surface area contributed by atoms with Gasteiger partial charge in [0.05, 0.1) is 25.9 Å². The maximum Gasteiger partial charge on any atom is 0.133 e. The van der Waals surface area contributed by atoms with Gasteiger partial charge in [0.1, 0.15) is 5.54 Å². The molecular formula is C12H20N2O2. The molecule has 1 unspecified atom stereocenters. The number of methoxy groups -OCH3 is 1. The van der Waals surface area contributed by atoms with Crippen molar-refractivity contribution in [3.8, 4) is 6.07 Å². The van der Waals surface area contributed by atoms with Gasteiger partial charge in [-0.3, -0.25) is 5.32 Å². The lowest BCUT2D eigenvalue weighted by molar-refractivity contribution is 0.0404. The molecule has 0 aromatic rings. The minimum atomic E-state index is -0.436. The molecule has 0 amide bonds. The third-order valence-electron chi connectivity index (χ3n) is 3.27. The molecule has 4 heteroatoms. The summed E-state index contributed by atoms with van der Waals surface area (Å²) in [5, 5.41) is 12.9. The van der Waals surface area contributed by atoms with Crippen LogP contribution in [0.2, 0.25) is 0 Å². The summed E-state index contributed by atoms with van der Waals surface area (Å²) in [4.78, 5) is 0. The highest BCUT2D eigenvalue weighted by atomic mass is 16.5. The second-order valence-electron chi connectivity index (χ2n) is 4.82. The molecular weight excluding hydrogens is 204 g/mol. The number of nitriles is 1. The largest absolute Gasteiger partial charge is 0.382 e. The van der Waals surface area contributed by atoms with Crippen LogP contribution in [0.25, 0.3) is 0 Å². The van der Waals surface area contributed by atoms with E-state index >= 15 is 0 Å². The Bertz CT molecular complexity index is 269. The van der Waals surface area contributed by atoms with Crippen LogP contribution >= 0.6 is 0 Å². The van der Waals surface area contributed by atoms with E-state index in [-0.39, 0.29) is 0 Å². The van der Waals surface area contributed by atoms with E-state index in [4.69, 9.17) is 9.47 Å². The second kappa shape index (κ2) is 5.13. The van der Waals surface area contributed by atoms with Gasteiger partial charge in [0, 0.05) is 13.2 Å². The molecule has 2 aliphatic carbocycles. The normalized spacial score (nSPS) is 23.8. The Labute approximate surface area is 96.9 Å². The maximum absolute atomic E-state index is 9.40. The van der Waals surface area contributed by atoms with Crippen molar-refractivity contribution in [1.29, 1.82) is 5.26 Å². The highest BCUT2D eigenvalue weighted by Crippen LogP contribution is 2.41. The van der Waals surface area contributed by atoms with E-state index in [1.165, 1.54) is 12.8 Å². The van der Waals surface area contributed by atoms with Gasteiger partial charge in [-0.2, -0.15) is 5.26 Å². The fourth-order valence-electron chi connectivity index (χ4n) is 1.98. The molecule has 1 atom stereocenters. The van der Waals surface area contributed by atoms with Gasteiger partial charge in [-0.25, -0.2) is 0 Å². The molecule has 2 fully saturated rings. The van der Waals surface area contributed by atoms with E-state index in [1.807, 2.05) is 0 Å². The van der Waals surface area contributed by atoms with Crippen molar-refractivity contribution >= 4 is 0 Å². The summed E-state index contributed by atoms with van der Waals surface area (Å²) in [5.41, 5.74) is -0.436.